The molecular weight excluding hydrogens is 242 g/mol. The van der Waals surface area contributed by atoms with Crippen LogP contribution in [0.25, 0.3) is 0 Å². The van der Waals surface area contributed by atoms with E-state index in [1.807, 2.05) is 27.0 Å². The normalized spacial score (nSPS) is 10.7. The number of anilines is 1. The molecule has 2 N–H and O–H groups in total. The molecule has 6 heteroatoms. The van der Waals surface area contributed by atoms with Gasteiger partial charge in [0.1, 0.15) is 5.75 Å². The Balaban J connectivity index is 2.38. The van der Waals surface area contributed by atoms with E-state index in [1.54, 1.807) is 11.8 Å². The Kier molecular flexibility index (Phi) is 3.69. The zero-order chi connectivity index (χ0) is 14.0. The van der Waals surface area contributed by atoms with Crippen molar-refractivity contribution in [1.29, 1.82) is 0 Å². The van der Waals surface area contributed by atoms with Gasteiger partial charge in [0, 0.05) is 17.3 Å². The lowest BCUT2D eigenvalue weighted by Gasteiger charge is -2.12. The van der Waals surface area contributed by atoms with Crippen LogP contribution >= 0.6 is 0 Å². The van der Waals surface area contributed by atoms with Gasteiger partial charge >= 0.3 is 0 Å². The van der Waals surface area contributed by atoms with Crippen LogP contribution in [0, 0.1) is 13.8 Å². The van der Waals surface area contributed by atoms with Crippen LogP contribution in [0.4, 0.5) is 5.82 Å². The lowest BCUT2D eigenvalue weighted by Crippen LogP contribution is -2.10. The number of pyridine rings is 1. The number of nitrogens with zero attached hydrogens (tertiary/aromatic N) is 4. The Morgan fingerprint density at radius 2 is 2.11 bits per heavy atom. The Labute approximate surface area is 112 Å². The second kappa shape index (κ2) is 5.26. The van der Waals surface area contributed by atoms with E-state index in [9.17, 15) is 0 Å². The SMILES string of the molecule is CCc1c(N)nnn1Cc1ncc(C)c(OC)c1C. The summed E-state index contributed by atoms with van der Waals surface area (Å²) in [5.74, 6) is 1.36. The van der Waals surface area contributed by atoms with Crippen molar-refractivity contribution in [2.45, 2.75) is 33.7 Å². The molecular formula is C13H19N5O. The van der Waals surface area contributed by atoms with E-state index in [2.05, 4.69) is 15.3 Å². The fraction of sp³-hybridized carbons (Fsp3) is 0.462. The summed E-state index contributed by atoms with van der Waals surface area (Å²) in [5, 5.41) is 7.97. The van der Waals surface area contributed by atoms with Crippen molar-refractivity contribution in [3.05, 3.63) is 28.7 Å². The van der Waals surface area contributed by atoms with Crippen LogP contribution in [0.1, 0.15) is 29.4 Å². The third kappa shape index (κ3) is 2.38. The Bertz CT molecular complexity index is 591. The summed E-state index contributed by atoms with van der Waals surface area (Å²) in [6.45, 7) is 6.56. The Morgan fingerprint density at radius 3 is 2.74 bits per heavy atom. The van der Waals surface area contributed by atoms with Crippen molar-refractivity contribution in [1.82, 2.24) is 20.0 Å². The minimum absolute atomic E-state index is 0.485. The molecule has 0 bridgehead atoms. The van der Waals surface area contributed by atoms with Gasteiger partial charge in [0.05, 0.1) is 25.0 Å². The van der Waals surface area contributed by atoms with Crippen LogP contribution in [-0.2, 0) is 13.0 Å². The van der Waals surface area contributed by atoms with Gasteiger partial charge in [0.15, 0.2) is 5.82 Å². The predicted molar refractivity (Wildman–Crippen MR) is 73.2 cm³/mol. The van der Waals surface area contributed by atoms with Crippen molar-refractivity contribution in [3.63, 3.8) is 0 Å². The number of aryl methyl sites for hydroxylation is 1. The summed E-state index contributed by atoms with van der Waals surface area (Å²) in [6.07, 6.45) is 2.61. The van der Waals surface area contributed by atoms with Crippen molar-refractivity contribution in [2.24, 2.45) is 0 Å². The van der Waals surface area contributed by atoms with Gasteiger partial charge in [-0.2, -0.15) is 0 Å². The quantitative estimate of drug-likeness (QED) is 0.902. The molecule has 0 spiro atoms. The van der Waals surface area contributed by atoms with E-state index in [0.717, 1.165) is 34.7 Å². The van der Waals surface area contributed by atoms with Gasteiger partial charge < -0.3 is 10.5 Å². The number of hydrogen-bond acceptors (Lipinski definition) is 5. The molecule has 0 saturated heterocycles. The molecule has 0 amide bonds. The molecule has 0 atom stereocenters. The van der Waals surface area contributed by atoms with Crippen LogP contribution < -0.4 is 10.5 Å². The van der Waals surface area contributed by atoms with E-state index in [1.165, 1.54) is 0 Å². The van der Waals surface area contributed by atoms with Gasteiger partial charge in [-0.25, -0.2) is 4.68 Å². The number of ether oxygens (including phenoxy) is 1. The molecule has 0 fully saturated rings. The first kappa shape index (κ1) is 13.3. The van der Waals surface area contributed by atoms with E-state index < -0.39 is 0 Å². The Hall–Kier alpha value is -2.11. The number of hydrogen-bond donors (Lipinski definition) is 1. The first-order valence-electron chi connectivity index (χ1n) is 6.25. The topological polar surface area (TPSA) is 78.9 Å². The van der Waals surface area contributed by atoms with Gasteiger partial charge in [-0.05, 0) is 20.3 Å². The summed E-state index contributed by atoms with van der Waals surface area (Å²) < 4.78 is 7.20. The van der Waals surface area contributed by atoms with E-state index >= 15 is 0 Å². The number of methoxy groups -OCH3 is 1. The maximum Gasteiger partial charge on any atom is 0.169 e. The zero-order valence-corrected chi connectivity index (χ0v) is 11.8. The van der Waals surface area contributed by atoms with Crippen LogP contribution in [0.2, 0.25) is 0 Å². The minimum Gasteiger partial charge on any atom is -0.496 e. The number of nitrogens with two attached hydrogens (primary N) is 1. The average molecular weight is 261 g/mol. The summed E-state index contributed by atoms with van der Waals surface area (Å²) in [6, 6.07) is 0. The van der Waals surface area contributed by atoms with Gasteiger partial charge in [-0.15, -0.1) is 5.10 Å². The summed E-state index contributed by atoms with van der Waals surface area (Å²) >= 11 is 0. The maximum atomic E-state index is 5.78. The third-order valence-electron chi connectivity index (χ3n) is 3.25. The Morgan fingerprint density at radius 1 is 1.37 bits per heavy atom. The van der Waals surface area contributed by atoms with E-state index in [4.69, 9.17) is 10.5 Å². The largest absolute Gasteiger partial charge is 0.496 e. The van der Waals surface area contributed by atoms with Gasteiger partial charge in [0.25, 0.3) is 0 Å². The van der Waals surface area contributed by atoms with E-state index in [-0.39, 0.29) is 0 Å². The van der Waals surface area contributed by atoms with Crippen LogP contribution in [0.15, 0.2) is 6.20 Å². The average Bonchev–Trinajstić information content (AvgIpc) is 2.74. The summed E-state index contributed by atoms with van der Waals surface area (Å²) in [7, 11) is 1.67. The smallest absolute Gasteiger partial charge is 0.169 e. The minimum atomic E-state index is 0.485. The molecule has 2 aromatic rings. The van der Waals surface area contributed by atoms with Crippen molar-refractivity contribution in [3.8, 4) is 5.75 Å². The molecule has 0 radical (unpaired) electrons. The fourth-order valence-corrected chi connectivity index (χ4v) is 2.21. The predicted octanol–water partition coefficient (Wildman–Crippen LogP) is 1.49. The molecule has 0 aliphatic rings. The van der Waals surface area contributed by atoms with Crippen molar-refractivity contribution < 1.29 is 4.74 Å². The zero-order valence-electron chi connectivity index (χ0n) is 11.8. The maximum absolute atomic E-state index is 5.78. The highest BCUT2D eigenvalue weighted by atomic mass is 16.5. The van der Waals surface area contributed by atoms with Crippen LogP contribution in [0.3, 0.4) is 0 Å². The lowest BCUT2D eigenvalue weighted by atomic mass is 10.1. The number of aromatic nitrogens is 4. The molecule has 0 aliphatic heterocycles. The number of rotatable bonds is 4. The highest BCUT2D eigenvalue weighted by molar-refractivity contribution is 5.41. The highest BCUT2D eigenvalue weighted by Crippen LogP contribution is 2.24. The second-order valence-corrected chi connectivity index (χ2v) is 4.48. The van der Waals surface area contributed by atoms with E-state index in [0.29, 0.717) is 12.4 Å². The van der Waals surface area contributed by atoms with Crippen molar-refractivity contribution in [2.75, 3.05) is 12.8 Å². The molecule has 102 valence electrons. The van der Waals surface area contributed by atoms with Crippen LogP contribution in [-0.4, -0.2) is 27.1 Å². The molecule has 0 unspecified atom stereocenters. The molecule has 2 rings (SSSR count). The van der Waals surface area contributed by atoms with Gasteiger partial charge in [-0.1, -0.05) is 12.1 Å². The molecule has 2 aromatic heterocycles. The second-order valence-electron chi connectivity index (χ2n) is 4.48. The molecule has 0 aromatic carbocycles. The molecule has 6 nitrogen and oxygen atoms in total. The fourth-order valence-electron chi connectivity index (χ4n) is 2.21. The number of nitrogen functional groups attached to an aromatic ring is 1. The van der Waals surface area contributed by atoms with Crippen molar-refractivity contribution >= 4 is 5.82 Å². The first-order valence-corrected chi connectivity index (χ1v) is 6.25. The molecule has 0 saturated carbocycles. The molecule has 19 heavy (non-hydrogen) atoms. The lowest BCUT2D eigenvalue weighted by molar-refractivity contribution is 0.406. The van der Waals surface area contributed by atoms with Gasteiger partial charge in [-0.3, -0.25) is 4.98 Å². The highest BCUT2D eigenvalue weighted by Gasteiger charge is 2.13. The monoisotopic (exact) mass is 261 g/mol. The van der Waals surface area contributed by atoms with Gasteiger partial charge in [0.2, 0.25) is 0 Å². The first-order chi connectivity index (χ1) is 9.08. The third-order valence-corrected chi connectivity index (χ3v) is 3.25. The summed E-state index contributed by atoms with van der Waals surface area (Å²) in [4.78, 5) is 4.46. The molecule has 2 heterocycles. The molecule has 0 aliphatic carbocycles. The summed E-state index contributed by atoms with van der Waals surface area (Å²) in [5.41, 5.74) is 9.69. The standard InChI is InChI=1S/C13H19N5O/c1-5-11-13(14)16-17-18(11)7-10-9(3)12(19-4)8(2)6-15-10/h6H,5,7,14H2,1-4H3. The van der Waals surface area contributed by atoms with Crippen LogP contribution in [0.5, 0.6) is 5.75 Å².